The van der Waals surface area contributed by atoms with Gasteiger partial charge in [0.25, 0.3) is 0 Å². The Labute approximate surface area is 52.1 Å². The highest BCUT2D eigenvalue weighted by Crippen LogP contribution is 2.10. The first-order valence-electron chi connectivity index (χ1n) is 2.80. The van der Waals surface area contributed by atoms with E-state index >= 15 is 0 Å². The molecule has 0 radical (unpaired) electrons. The molecule has 0 aromatic carbocycles. The van der Waals surface area contributed by atoms with Crippen LogP contribution in [-0.4, -0.2) is 41.8 Å². The monoisotopic (exact) mass is 136 g/mol. The highest BCUT2D eigenvalue weighted by molar-refractivity contribution is 4.78. The van der Waals surface area contributed by atoms with Crippen LogP contribution in [0.2, 0.25) is 0 Å². The Hall–Kier alpha value is -0.190. The summed E-state index contributed by atoms with van der Waals surface area (Å²) in [5.74, 6) is 0. The van der Waals surface area contributed by atoms with Crippen LogP contribution in [0.25, 0.3) is 0 Å². The van der Waals surface area contributed by atoms with Crippen molar-refractivity contribution in [3.8, 4) is 0 Å². The highest BCUT2D eigenvalue weighted by Gasteiger charge is 2.30. The molecule has 1 saturated heterocycles. The van der Waals surface area contributed by atoms with Gasteiger partial charge in [0.15, 0.2) is 6.17 Å². The first-order chi connectivity index (χ1) is 4.22. The fourth-order valence-corrected chi connectivity index (χ4v) is 0.740. The van der Waals surface area contributed by atoms with E-state index in [0.717, 1.165) is 0 Å². The molecule has 0 spiro atoms. The van der Waals surface area contributed by atoms with Crippen LogP contribution in [0.15, 0.2) is 0 Å². The van der Waals surface area contributed by atoms with Crippen molar-refractivity contribution in [2.45, 2.75) is 18.4 Å². The molecule has 2 N–H and O–H groups in total. The predicted octanol–water partition coefficient (Wildman–Crippen LogP) is -0.923. The molecule has 54 valence electrons. The lowest BCUT2D eigenvalue weighted by Gasteiger charge is -2.26. The van der Waals surface area contributed by atoms with Gasteiger partial charge < -0.3 is 14.9 Å². The smallest absolute Gasteiger partial charge is 0.152 e. The van der Waals surface area contributed by atoms with Crippen molar-refractivity contribution in [3.05, 3.63) is 0 Å². The van der Waals surface area contributed by atoms with Gasteiger partial charge in [0.1, 0.15) is 12.2 Å². The summed E-state index contributed by atoms with van der Waals surface area (Å²) in [7, 11) is 0. The van der Waals surface area contributed by atoms with Gasteiger partial charge >= 0.3 is 0 Å². The summed E-state index contributed by atoms with van der Waals surface area (Å²) in [5, 5.41) is 17.5. The molecule has 0 unspecified atom stereocenters. The fraction of sp³-hybridized carbons (Fsp3) is 1.00. The zero-order chi connectivity index (χ0) is 6.85. The maximum Gasteiger partial charge on any atom is 0.152 e. The predicted molar refractivity (Wildman–Crippen MR) is 27.7 cm³/mol. The summed E-state index contributed by atoms with van der Waals surface area (Å²) in [6, 6.07) is 0. The summed E-state index contributed by atoms with van der Waals surface area (Å²) < 4.78 is 16.9. The van der Waals surface area contributed by atoms with Gasteiger partial charge in [0.05, 0.1) is 13.2 Å². The summed E-state index contributed by atoms with van der Waals surface area (Å²) >= 11 is 0. The number of rotatable bonds is 0. The molecule has 3 nitrogen and oxygen atoms in total. The van der Waals surface area contributed by atoms with Crippen LogP contribution in [0.4, 0.5) is 4.39 Å². The standard InChI is InChI=1S/C5H9FO3/c6-3-1-9-2-4(7)5(3)8/h3-5,7-8H,1-2H2/t3-,4+,5+/m0/s1. The number of ether oxygens (including phenoxy) is 1. The van der Waals surface area contributed by atoms with E-state index in [1.807, 2.05) is 0 Å². The van der Waals surface area contributed by atoms with Crippen molar-refractivity contribution in [3.63, 3.8) is 0 Å². The normalized spacial score (nSPS) is 45.0. The van der Waals surface area contributed by atoms with Crippen LogP contribution in [0.3, 0.4) is 0 Å². The van der Waals surface area contributed by atoms with E-state index < -0.39 is 18.4 Å². The molecule has 0 aromatic rings. The Morgan fingerprint density at radius 3 is 2.44 bits per heavy atom. The third kappa shape index (κ3) is 1.38. The van der Waals surface area contributed by atoms with Gasteiger partial charge in [-0.2, -0.15) is 0 Å². The second kappa shape index (κ2) is 2.60. The first-order valence-corrected chi connectivity index (χ1v) is 2.80. The number of alkyl halides is 1. The molecule has 9 heavy (non-hydrogen) atoms. The number of hydrogen-bond donors (Lipinski definition) is 2. The lowest BCUT2D eigenvalue weighted by atomic mass is 10.1. The van der Waals surface area contributed by atoms with E-state index in [9.17, 15) is 4.39 Å². The molecule has 1 aliphatic heterocycles. The molecule has 1 heterocycles. The topological polar surface area (TPSA) is 49.7 Å². The molecule has 0 amide bonds. The Balaban J connectivity index is 2.41. The molecule has 4 heteroatoms. The van der Waals surface area contributed by atoms with E-state index in [2.05, 4.69) is 4.74 Å². The van der Waals surface area contributed by atoms with E-state index in [1.54, 1.807) is 0 Å². The number of aliphatic hydroxyl groups is 2. The van der Waals surface area contributed by atoms with Crippen LogP contribution >= 0.6 is 0 Å². The van der Waals surface area contributed by atoms with Crippen molar-refractivity contribution in [2.24, 2.45) is 0 Å². The van der Waals surface area contributed by atoms with Crippen LogP contribution in [0, 0.1) is 0 Å². The Bertz CT molecular complexity index is 88.2. The molecule has 0 aromatic heterocycles. The minimum Gasteiger partial charge on any atom is -0.388 e. The molecule has 0 bridgehead atoms. The van der Waals surface area contributed by atoms with Gasteiger partial charge in [-0.3, -0.25) is 0 Å². The second-order valence-electron chi connectivity index (χ2n) is 2.11. The van der Waals surface area contributed by atoms with Crippen molar-refractivity contribution < 1.29 is 19.3 Å². The second-order valence-corrected chi connectivity index (χ2v) is 2.11. The van der Waals surface area contributed by atoms with Crippen molar-refractivity contribution in [2.75, 3.05) is 13.2 Å². The Morgan fingerprint density at radius 1 is 1.33 bits per heavy atom. The van der Waals surface area contributed by atoms with E-state index in [-0.39, 0.29) is 13.2 Å². The largest absolute Gasteiger partial charge is 0.388 e. The molecule has 3 atom stereocenters. The molecular weight excluding hydrogens is 127 g/mol. The zero-order valence-electron chi connectivity index (χ0n) is 4.83. The molecule has 0 aliphatic carbocycles. The van der Waals surface area contributed by atoms with Gasteiger partial charge in [-0.25, -0.2) is 4.39 Å². The average molecular weight is 136 g/mol. The summed E-state index contributed by atoms with van der Waals surface area (Å²) in [6.45, 7) is -0.0835. The Morgan fingerprint density at radius 2 is 2.00 bits per heavy atom. The SMILES string of the molecule is O[C@H]1[C@H](O)COC[C@@H]1F. The number of halogens is 1. The molecule has 1 rings (SSSR count). The lowest BCUT2D eigenvalue weighted by molar-refractivity contribution is -0.127. The molecule has 1 fully saturated rings. The maximum absolute atomic E-state index is 12.3. The fourth-order valence-electron chi connectivity index (χ4n) is 0.740. The summed E-state index contributed by atoms with van der Waals surface area (Å²) in [4.78, 5) is 0. The Kier molecular flexibility index (Phi) is 2.00. The molecular formula is C5H9FO3. The van der Waals surface area contributed by atoms with Crippen LogP contribution in [-0.2, 0) is 4.74 Å². The van der Waals surface area contributed by atoms with Gasteiger partial charge in [-0.1, -0.05) is 0 Å². The average Bonchev–Trinajstić information content (AvgIpc) is 1.83. The highest BCUT2D eigenvalue weighted by atomic mass is 19.1. The molecule has 0 saturated carbocycles. The summed E-state index contributed by atoms with van der Waals surface area (Å²) in [6.07, 6.45) is -3.76. The lowest BCUT2D eigenvalue weighted by Crippen LogP contribution is -2.45. The van der Waals surface area contributed by atoms with Crippen molar-refractivity contribution >= 4 is 0 Å². The van der Waals surface area contributed by atoms with Gasteiger partial charge in [0.2, 0.25) is 0 Å². The third-order valence-corrected chi connectivity index (χ3v) is 1.33. The van der Waals surface area contributed by atoms with Crippen molar-refractivity contribution in [1.29, 1.82) is 0 Å². The van der Waals surface area contributed by atoms with E-state index in [1.165, 1.54) is 0 Å². The zero-order valence-corrected chi connectivity index (χ0v) is 4.83. The molecule has 1 aliphatic rings. The van der Waals surface area contributed by atoms with E-state index in [4.69, 9.17) is 10.2 Å². The van der Waals surface area contributed by atoms with Gasteiger partial charge in [-0.05, 0) is 0 Å². The minimum atomic E-state index is -1.44. The number of aliphatic hydroxyl groups excluding tert-OH is 2. The maximum atomic E-state index is 12.3. The third-order valence-electron chi connectivity index (χ3n) is 1.33. The number of hydrogen-bond acceptors (Lipinski definition) is 3. The van der Waals surface area contributed by atoms with Crippen LogP contribution in [0.1, 0.15) is 0 Å². The van der Waals surface area contributed by atoms with E-state index in [0.29, 0.717) is 0 Å². The van der Waals surface area contributed by atoms with Crippen LogP contribution in [0.5, 0.6) is 0 Å². The van der Waals surface area contributed by atoms with Crippen LogP contribution < -0.4 is 0 Å². The summed E-state index contributed by atoms with van der Waals surface area (Å²) in [5.41, 5.74) is 0. The quantitative estimate of drug-likeness (QED) is 0.452. The van der Waals surface area contributed by atoms with Crippen molar-refractivity contribution in [1.82, 2.24) is 0 Å². The first kappa shape index (κ1) is 6.92. The van der Waals surface area contributed by atoms with Gasteiger partial charge in [0, 0.05) is 0 Å². The minimum absolute atomic E-state index is 0.0294. The van der Waals surface area contributed by atoms with Gasteiger partial charge in [-0.15, -0.1) is 0 Å².